The SMILES string of the molecule is CCOc1cc(CNc2cccc(Br)c2[N+](=O)[O-])ccc1OC. The van der Waals surface area contributed by atoms with Crippen LogP contribution in [0.4, 0.5) is 11.4 Å². The van der Waals surface area contributed by atoms with E-state index in [1.165, 1.54) is 0 Å². The van der Waals surface area contributed by atoms with Crippen LogP contribution in [0, 0.1) is 10.1 Å². The van der Waals surface area contributed by atoms with Gasteiger partial charge in [-0.25, -0.2) is 0 Å². The Morgan fingerprint density at radius 2 is 2.04 bits per heavy atom. The predicted octanol–water partition coefficient (Wildman–Crippen LogP) is 4.38. The molecule has 0 bridgehead atoms. The van der Waals surface area contributed by atoms with Crippen LogP contribution in [0.5, 0.6) is 11.5 Å². The minimum Gasteiger partial charge on any atom is -0.493 e. The van der Waals surface area contributed by atoms with Crippen molar-refractivity contribution in [1.82, 2.24) is 0 Å². The van der Waals surface area contributed by atoms with Crippen LogP contribution in [-0.2, 0) is 6.54 Å². The summed E-state index contributed by atoms with van der Waals surface area (Å²) >= 11 is 3.21. The fraction of sp³-hybridized carbons (Fsp3) is 0.250. The zero-order valence-electron chi connectivity index (χ0n) is 12.8. The number of ether oxygens (including phenoxy) is 2. The highest BCUT2D eigenvalue weighted by Gasteiger charge is 2.17. The molecule has 0 aromatic heterocycles. The summed E-state index contributed by atoms with van der Waals surface area (Å²) in [6.07, 6.45) is 0. The molecule has 23 heavy (non-hydrogen) atoms. The van der Waals surface area contributed by atoms with E-state index in [1.807, 2.05) is 25.1 Å². The number of nitrogens with zero attached hydrogens (tertiary/aromatic N) is 1. The zero-order valence-corrected chi connectivity index (χ0v) is 14.4. The molecule has 0 amide bonds. The third kappa shape index (κ3) is 4.13. The normalized spacial score (nSPS) is 10.2. The first kappa shape index (κ1) is 17.1. The van der Waals surface area contributed by atoms with Crippen LogP contribution >= 0.6 is 15.9 Å². The van der Waals surface area contributed by atoms with Gasteiger partial charge in [-0.3, -0.25) is 10.1 Å². The molecule has 0 saturated heterocycles. The number of rotatable bonds is 7. The van der Waals surface area contributed by atoms with E-state index in [0.29, 0.717) is 34.8 Å². The van der Waals surface area contributed by atoms with Gasteiger partial charge in [-0.15, -0.1) is 0 Å². The lowest BCUT2D eigenvalue weighted by molar-refractivity contribution is -0.384. The fourth-order valence-corrected chi connectivity index (χ4v) is 2.65. The molecule has 2 rings (SSSR count). The number of methoxy groups -OCH3 is 1. The van der Waals surface area contributed by atoms with Gasteiger partial charge >= 0.3 is 5.69 Å². The molecule has 0 aliphatic rings. The molecule has 0 spiro atoms. The highest BCUT2D eigenvalue weighted by Crippen LogP contribution is 2.33. The third-order valence-electron chi connectivity index (χ3n) is 3.18. The molecule has 6 nitrogen and oxygen atoms in total. The van der Waals surface area contributed by atoms with E-state index in [4.69, 9.17) is 9.47 Å². The molecule has 0 unspecified atom stereocenters. The van der Waals surface area contributed by atoms with Crippen LogP contribution in [0.2, 0.25) is 0 Å². The van der Waals surface area contributed by atoms with E-state index in [1.54, 1.807) is 25.3 Å². The van der Waals surface area contributed by atoms with Crippen molar-refractivity contribution in [3.8, 4) is 11.5 Å². The van der Waals surface area contributed by atoms with Crippen molar-refractivity contribution >= 4 is 27.3 Å². The van der Waals surface area contributed by atoms with Gasteiger partial charge < -0.3 is 14.8 Å². The number of benzene rings is 2. The van der Waals surface area contributed by atoms with E-state index in [9.17, 15) is 10.1 Å². The van der Waals surface area contributed by atoms with Gasteiger partial charge in [-0.1, -0.05) is 12.1 Å². The van der Waals surface area contributed by atoms with Crippen LogP contribution in [0.15, 0.2) is 40.9 Å². The van der Waals surface area contributed by atoms with Gasteiger partial charge in [0.05, 0.1) is 23.1 Å². The van der Waals surface area contributed by atoms with Crippen LogP contribution in [0.25, 0.3) is 0 Å². The van der Waals surface area contributed by atoms with E-state index < -0.39 is 4.92 Å². The molecule has 1 N–H and O–H groups in total. The van der Waals surface area contributed by atoms with Crippen LogP contribution in [0.3, 0.4) is 0 Å². The van der Waals surface area contributed by atoms with Gasteiger partial charge in [-0.05, 0) is 52.7 Å². The fourth-order valence-electron chi connectivity index (χ4n) is 2.14. The highest BCUT2D eigenvalue weighted by molar-refractivity contribution is 9.10. The molecule has 0 fully saturated rings. The monoisotopic (exact) mass is 380 g/mol. The van der Waals surface area contributed by atoms with Crippen molar-refractivity contribution in [2.24, 2.45) is 0 Å². The minimum atomic E-state index is -0.411. The average molecular weight is 381 g/mol. The van der Waals surface area contributed by atoms with Gasteiger partial charge in [0.25, 0.3) is 0 Å². The van der Waals surface area contributed by atoms with Crippen LogP contribution in [-0.4, -0.2) is 18.6 Å². The Kier molecular flexibility index (Phi) is 5.81. The number of nitro benzene ring substituents is 1. The molecule has 2 aromatic rings. The summed E-state index contributed by atoms with van der Waals surface area (Å²) in [4.78, 5) is 10.8. The van der Waals surface area contributed by atoms with Crippen molar-refractivity contribution < 1.29 is 14.4 Å². The molecule has 0 aliphatic carbocycles. The predicted molar refractivity (Wildman–Crippen MR) is 92.3 cm³/mol. The molecule has 0 saturated carbocycles. The van der Waals surface area contributed by atoms with Crippen LogP contribution < -0.4 is 14.8 Å². The molecule has 122 valence electrons. The summed E-state index contributed by atoms with van der Waals surface area (Å²) in [5, 5.41) is 14.3. The van der Waals surface area contributed by atoms with Crippen molar-refractivity contribution in [3.05, 3.63) is 56.5 Å². The maximum Gasteiger partial charge on any atom is 0.306 e. The van der Waals surface area contributed by atoms with E-state index >= 15 is 0 Å². The van der Waals surface area contributed by atoms with Crippen molar-refractivity contribution in [3.63, 3.8) is 0 Å². The maximum absolute atomic E-state index is 11.2. The molecule has 0 atom stereocenters. The van der Waals surface area contributed by atoms with Gasteiger partial charge in [0.15, 0.2) is 11.5 Å². The first-order chi connectivity index (χ1) is 11.1. The number of anilines is 1. The largest absolute Gasteiger partial charge is 0.493 e. The molecular weight excluding hydrogens is 364 g/mol. The summed E-state index contributed by atoms with van der Waals surface area (Å²) in [6, 6.07) is 10.6. The van der Waals surface area contributed by atoms with Crippen molar-refractivity contribution in [1.29, 1.82) is 0 Å². The first-order valence-electron chi connectivity index (χ1n) is 7.03. The minimum absolute atomic E-state index is 0.0195. The van der Waals surface area contributed by atoms with Crippen LogP contribution in [0.1, 0.15) is 12.5 Å². The Balaban J connectivity index is 2.20. The Labute approximate surface area is 142 Å². The second kappa shape index (κ2) is 7.82. The topological polar surface area (TPSA) is 73.6 Å². The number of halogens is 1. The summed E-state index contributed by atoms with van der Waals surface area (Å²) < 4.78 is 11.2. The Hall–Kier alpha value is -2.28. The number of hydrogen-bond acceptors (Lipinski definition) is 5. The standard InChI is InChI=1S/C16H17BrN2O4/c1-3-23-15-9-11(7-8-14(15)22-2)10-18-13-6-4-5-12(17)16(13)19(20)21/h4-9,18H,3,10H2,1-2H3. The van der Waals surface area contributed by atoms with Gasteiger partial charge in [-0.2, -0.15) is 0 Å². The smallest absolute Gasteiger partial charge is 0.306 e. The number of para-hydroxylation sites is 1. The molecule has 0 radical (unpaired) electrons. The average Bonchev–Trinajstić information content (AvgIpc) is 2.53. The first-order valence-corrected chi connectivity index (χ1v) is 7.82. The van der Waals surface area contributed by atoms with E-state index in [2.05, 4.69) is 21.2 Å². The van der Waals surface area contributed by atoms with E-state index in [0.717, 1.165) is 5.56 Å². The number of nitrogens with one attached hydrogen (secondary N) is 1. The summed E-state index contributed by atoms with van der Waals surface area (Å²) in [7, 11) is 1.58. The summed E-state index contributed by atoms with van der Waals surface area (Å²) in [5.41, 5.74) is 1.41. The molecular formula is C16H17BrN2O4. The van der Waals surface area contributed by atoms with E-state index in [-0.39, 0.29) is 5.69 Å². The quantitative estimate of drug-likeness (QED) is 0.569. The van der Waals surface area contributed by atoms with Gasteiger partial charge in [0.2, 0.25) is 0 Å². The number of nitro groups is 1. The lowest BCUT2D eigenvalue weighted by Crippen LogP contribution is -2.04. The van der Waals surface area contributed by atoms with Gasteiger partial charge in [0, 0.05) is 6.54 Å². The molecule has 0 aliphatic heterocycles. The number of hydrogen-bond donors (Lipinski definition) is 1. The zero-order chi connectivity index (χ0) is 16.8. The Bertz CT molecular complexity index is 706. The van der Waals surface area contributed by atoms with Gasteiger partial charge in [0.1, 0.15) is 5.69 Å². The van der Waals surface area contributed by atoms with Crippen molar-refractivity contribution in [2.75, 3.05) is 19.0 Å². The third-order valence-corrected chi connectivity index (χ3v) is 3.82. The molecule has 2 aromatic carbocycles. The summed E-state index contributed by atoms with van der Waals surface area (Å²) in [5.74, 6) is 1.31. The lowest BCUT2D eigenvalue weighted by Gasteiger charge is -2.12. The summed E-state index contributed by atoms with van der Waals surface area (Å²) in [6.45, 7) is 2.86. The Morgan fingerprint density at radius 1 is 1.26 bits per heavy atom. The lowest BCUT2D eigenvalue weighted by atomic mass is 10.2. The second-order valence-electron chi connectivity index (χ2n) is 4.66. The Morgan fingerprint density at radius 3 is 2.70 bits per heavy atom. The maximum atomic E-state index is 11.2. The molecule has 0 heterocycles. The molecule has 7 heteroatoms. The second-order valence-corrected chi connectivity index (χ2v) is 5.52. The highest BCUT2D eigenvalue weighted by atomic mass is 79.9. The van der Waals surface area contributed by atoms with Crippen molar-refractivity contribution in [2.45, 2.75) is 13.5 Å².